The van der Waals surface area contributed by atoms with Crippen LogP contribution in [0.4, 0.5) is 0 Å². The lowest BCUT2D eigenvalue weighted by molar-refractivity contribution is -0.139. The van der Waals surface area contributed by atoms with Crippen LogP contribution in [0.3, 0.4) is 0 Å². The number of furan rings is 1. The van der Waals surface area contributed by atoms with Crippen LogP contribution in [-0.2, 0) is 14.3 Å². The number of aromatic nitrogens is 1. The Balaban J connectivity index is 1.61. The van der Waals surface area contributed by atoms with Crippen LogP contribution in [0.15, 0.2) is 80.1 Å². The summed E-state index contributed by atoms with van der Waals surface area (Å²) in [6, 6.07) is 14.5. The van der Waals surface area contributed by atoms with Gasteiger partial charge in [-0.3, -0.25) is 9.36 Å². The predicted molar refractivity (Wildman–Crippen MR) is 152 cm³/mol. The Morgan fingerprint density at radius 3 is 2.60 bits per heavy atom. The number of methoxy groups -OCH3 is 1. The molecule has 1 atom stereocenters. The maximum Gasteiger partial charge on any atom is 0.339 e. The van der Waals surface area contributed by atoms with Gasteiger partial charge in [-0.1, -0.05) is 52.7 Å². The first-order valence-electron chi connectivity index (χ1n) is 12.2. The van der Waals surface area contributed by atoms with Gasteiger partial charge in [0, 0.05) is 16.7 Å². The SMILES string of the molecule is CCOC(=O)C1=C(C)N=c2sc(=Cc3ccc(-c4ccc(Cl)c(C(=O)OC)c4)o3)c(=O)n2[C@@H]1c1ccccc1Cl. The van der Waals surface area contributed by atoms with E-state index in [0.29, 0.717) is 42.7 Å². The molecule has 4 aromatic rings. The van der Waals surface area contributed by atoms with E-state index in [2.05, 4.69) is 4.99 Å². The average molecular weight is 597 g/mol. The highest BCUT2D eigenvalue weighted by atomic mass is 35.5. The Morgan fingerprint density at radius 1 is 1.10 bits per heavy atom. The molecule has 0 amide bonds. The Morgan fingerprint density at radius 2 is 1.88 bits per heavy atom. The number of carbonyl (C=O) groups excluding carboxylic acids is 2. The molecule has 11 heteroatoms. The standard InChI is InChI=1S/C29H22Cl2N2O6S/c1-4-38-28(36)24-15(2)32-29-33(25(24)18-7-5-6-8-20(18)30)26(34)23(40-29)14-17-10-12-22(39-17)16-9-11-21(31)19(13-16)27(35)37-3/h5-14,25H,4H2,1-3H3/t25-/m1/s1. The van der Waals surface area contributed by atoms with Gasteiger partial charge in [0.25, 0.3) is 5.56 Å². The number of halogens is 2. The molecule has 0 saturated carbocycles. The summed E-state index contributed by atoms with van der Waals surface area (Å²) in [7, 11) is 1.28. The zero-order chi connectivity index (χ0) is 28.6. The van der Waals surface area contributed by atoms with Crippen LogP contribution in [0.2, 0.25) is 10.0 Å². The molecule has 204 valence electrons. The van der Waals surface area contributed by atoms with Crippen molar-refractivity contribution in [3.63, 3.8) is 0 Å². The Labute approximate surface area is 242 Å². The number of allylic oxidation sites excluding steroid dienone is 1. The zero-order valence-corrected chi connectivity index (χ0v) is 23.9. The van der Waals surface area contributed by atoms with E-state index in [1.807, 2.05) is 0 Å². The highest BCUT2D eigenvalue weighted by molar-refractivity contribution is 7.07. The van der Waals surface area contributed by atoms with Crippen molar-refractivity contribution < 1.29 is 23.5 Å². The molecule has 0 spiro atoms. The van der Waals surface area contributed by atoms with Gasteiger partial charge in [-0.05, 0) is 55.8 Å². The average Bonchev–Trinajstić information content (AvgIpc) is 3.52. The molecule has 1 aliphatic rings. The summed E-state index contributed by atoms with van der Waals surface area (Å²) >= 11 is 13.8. The quantitative estimate of drug-likeness (QED) is 0.285. The first-order valence-corrected chi connectivity index (χ1v) is 13.7. The smallest absolute Gasteiger partial charge is 0.339 e. The molecule has 0 fully saturated rings. The van der Waals surface area contributed by atoms with Gasteiger partial charge in [0.15, 0.2) is 4.80 Å². The van der Waals surface area contributed by atoms with E-state index in [1.165, 1.54) is 23.0 Å². The molecule has 1 aliphatic heterocycles. The summed E-state index contributed by atoms with van der Waals surface area (Å²) < 4.78 is 17.9. The summed E-state index contributed by atoms with van der Waals surface area (Å²) in [6.45, 7) is 3.59. The zero-order valence-electron chi connectivity index (χ0n) is 21.6. The van der Waals surface area contributed by atoms with E-state index in [1.54, 1.807) is 74.5 Å². The maximum absolute atomic E-state index is 13.8. The lowest BCUT2D eigenvalue weighted by Crippen LogP contribution is -2.40. The molecule has 0 radical (unpaired) electrons. The van der Waals surface area contributed by atoms with Gasteiger partial charge in [0.2, 0.25) is 0 Å². The number of fused-ring (bicyclic) bond motifs is 1. The molecular weight excluding hydrogens is 575 g/mol. The van der Waals surface area contributed by atoms with Crippen molar-refractivity contribution in [1.82, 2.24) is 4.57 Å². The minimum absolute atomic E-state index is 0.171. The summed E-state index contributed by atoms with van der Waals surface area (Å²) in [5.41, 5.74) is 1.73. The minimum Gasteiger partial charge on any atom is -0.465 e. The van der Waals surface area contributed by atoms with Crippen LogP contribution in [0, 0.1) is 0 Å². The van der Waals surface area contributed by atoms with E-state index in [-0.39, 0.29) is 28.3 Å². The third-order valence-corrected chi connectivity index (χ3v) is 7.93. The van der Waals surface area contributed by atoms with Gasteiger partial charge in [0.1, 0.15) is 17.6 Å². The molecule has 0 aliphatic carbocycles. The van der Waals surface area contributed by atoms with Gasteiger partial charge < -0.3 is 13.9 Å². The van der Waals surface area contributed by atoms with Crippen LogP contribution in [0.5, 0.6) is 0 Å². The van der Waals surface area contributed by atoms with Gasteiger partial charge >= 0.3 is 11.9 Å². The van der Waals surface area contributed by atoms with Crippen LogP contribution in [0.25, 0.3) is 17.4 Å². The second kappa shape index (κ2) is 11.3. The molecule has 40 heavy (non-hydrogen) atoms. The molecule has 0 saturated heterocycles. The fourth-order valence-electron chi connectivity index (χ4n) is 4.44. The lowest BCUT2D eigenvalue weighted by atomic mass is 9.96. The van der Waals surface area contributed by atoms with Crippen molar-refractivity contribution in [2.24, 2.45) is 4.99 Å². The summed E-state index contributed by atoms with van der Waals surface area (Å²) in [6.07, 6.45) is 1.61. The number of rotatable bonds is 6. The number of hydrogen-bond donors (Lipinski definition) is 0. The van der Waals surface area contributed by atoms with Crippen molar-refractivity contribution in [3.05, 3.63) is 112 Å². The van der Waals surface area contributed by atoms with E-state index in [9.17, 15) is 14.4 Å². The summed E-state index contributed by atoms with van der Waals surface area (Å²) in [4.78, 5) is 43.8. The van der Waals surface area contributed by atoms with Gasteiger partial charge in [-0.2, -0.15) is 0 Å². The monoisotopic (exact) mass is 596 g/mol. The van der Waals surface area contributed by atoms with Crippen molar-refractivity contribution in [3.8, 4) is 11.3 Å². The number of carbonyl (C=O) groups is 2. The second-order valence-corrected chi connectivity index (χ2v) is 10.5. The molecule has 0 N–H and O–H groups in total. The first kappa shape index (κ1) is 27.6. The third kappa shape index (κ3) is 5.03. The van der Waals surface area contributed by atoms with Crippen molar-refractivity contribution in [2.45, 2.75) is 19.9 Å². The number of benzene rings is 2. The molecular formula is C29H22Cl2N2O6S. The van der Waals surface area contributed by atoms with E-state index in [0.717, 1.165) is 0 Å². The molecule has 2 aromatic carbocycles. The Kier molecular flexibility index (Phi) is 7.80. The summed E-state index contributed by atoms with van der Waals surface area (Å²) in [5.74, 6) is -0.251. The molecule has 0 unspecified atom stereocenters. The van der Waals surface area contributed by atoms with E-state index < -0.39 is 18.0 Å². The van der Waals surface area contributed by atoms with Crippen LogP contribution in [0.1, 0.15) is 41.6 Å². The van der Waals surface area contributed by atoms with E-state index in [4.69, 9.17) is 37.1 Å². The first-order chi connectivity index (χ1) is 19.2. The Bertz CT molecular complexity index is 1870. The number of esters is 2. The highest BCUT2D eigenvalue weighted by Gasteiger charge is 2.34. The fraction of sp³-hybridized carbons (Fsp3) is 0.172. The second-order valence-electron chi connectivity index (χ2n) is 8.71. The van der Waals surface area contributed by atoms with Crippen LogP contribution in [-0.4, -0.2) is 30.2 Å². The normalized spacial score (nSPS) is 15.0. The van der Waals surface area contributed by atoms with Crippen molar-refractivity contribution >= 4 is 52.6 Å². The third-order valence-electron chi connectivity index (χ3n) is 6.27. The van der Waals surface area contributed by atoms with Crippen LogP contribution >= 0.6 is 34.5 Å². The number of thiazole rings is 1. The Hall–Kier alpha value is -3.92. The predicted octanol–water partition coefficient (Wildman–Crippen LogP) is 5.15. The highest BCUT2D eigenvalue weighted by Crippen LogP contribution is 2.34. The summed E-state index contributed by atoms with van der Waals surface area (Å²) in [5, 5.41) is 0.664. The molecule has 0 bridgehead atoms. The largest absolute Gasteiger partial charge is 0.465 e. The van der Waals surface area contributed by atoms with E-state index >= 15 is 0 Å². The molecule has 2 aromatic heterocycles. The molecule has 8 nitrogen and oxygen atoms in total. The molecule has 3 heterocycles. The number of ether oxygens (including phenoxy) is 2. The van der Waals surface area contributed by atoms with Gasteiger partial charge in [0.05, 0.1) is 40.1 Å². The minimum atomic E-state index is -0.816. The van der Waals surface area contributed by atoms with Crippen molar-refractivity contribution in [2.75, 3.05) is 13.7 Å². The topological polar surface area (TPSA) is 100 Å². The van der Waals surface area contributed by atoms with Gasteiger partial charge in [-0.15, -0.1) is 0 Å². The lowest BCUT2D eigenvalue weighted by Gasteiger charge is -2.25. The number of hydrogen-bond acceptors (Lipinski definition) is 8. The molecule has 5 rings (SSSR count). The van der Waals surface area contributed by atoms with Crippen LogP contribution < -0.4 is 14.9 Å². The van der Waals surface area contributed by atoms with Gasteiger partial charge in [-0.25, -0.2) is 14.6 Å². The fourth-order valence-corrected chi connectivity index (χ4v) is 5.90. The van der Waals surface area contributed by atoms with Crippen molar-refractivity contribution in [1.29, 1.82) is 0 Å². The number of nitrogens with zero attached hydrogens (tertiary/aromatic N) is 2. The maximum atomic E-state index is 13.8.